The van der Waals surface area contributed by atoms with Crippen LogP contribution in [0, 0.1) is 5.82 Å². The van der Waals surface area contributed by atoms with E-state index in [0.717, 1.165) is 10.4 Å². The second-order valence-electron chi connectivity index (χ2n) is 5.73. The summed E-state index contributed by atoms with van der Waals surface area (Å²) in [5, 5.41) is 2.32. The third-order valence-electron chi connectivity index (χ3n) is 3.97. The zero-order valence-electron chi connectivity index (χ0n) is 14.8. The van der Waals surface area contributed by atoms with Crippen LogP contribution in [0.5, 0.6) is 5.75 Å². The summed E-state index contributed by atoms with van der Waals surface area (Å²) < 4.78 is 47.9. The molecule has 7 nitrogen and oxygen atoms in total. The molecule has 1 heterocycles. The van der Waals surface area contributed by atoms with E-state index in [2.05, 4.69) is 9.71 Å². The maximum absolute atomic E-state index is 13.3. The molecule has 1 amide bonds. The maximum atomic E-state index is 13.3. The van der Waals surface area contributed by atoms with Crippen LogP contribution in [-0.4, -0.2) is 38.5 Å². The predicted molar refractivity (Wildman–Crippen MR) is 104 cm³/mol. The summed E-state index contributed by atoms with van der Waals surface area (Å²) in [4.78, 5) is 12.7. The lowest BCUT2D eigenvalue weighted by Crippen LogP contribution is -2.35. The van der Waals surface area contributed by atoms with Crippen molar-refractivity contribution >= 4 is 39.1 Å². The van der Waals surface area contributed by atoms with E-state index in [4.69, 9.17) is 16.3 Å². The summed E-state index contributed by atoms with van der Waals surface area (Å²) in [6.45, 7) is 0. The Morgan fingerprint density at radius 1 is 1.25 bits per heavy atom. The molecule has 10 heteroatoms. The minimum Gasteiger partial charge on any atom is -0.496 e. The van der Waals surface area contributed by atoms with Crippen LogP contribution in [-0.2, 0) is 15.0 Å². The fourth-order valence-corrected chi connectivity index (χ4v) is 3.60. The van der Waals surface area contributed by atoms with Crippen LogP contribution in [0.2, 0.25) is 5.02 Å². The third-order valence-corrected chi connectivity index (χ3v) is 5.57. The minimum absolute atomic E-state index is 0.0536. The van der Waals surface area contributed by atoms with Crippen molar-refractivity contribution in [1.29, 1.82) is 0 Å². The van der Waals surface area contributed by atoms with Gasteiger partial charge >= 0.3 is 10.2 Å². The van der Waals surface area contributed by atoms with Crippen molar-refractivity contribution in [2.45, 2.75) is 0 Å². The maximum Gasteiger partial charge on any atom is 0.345 e. The molecular weight excluding hydrogens is 409 g/mol. The fraction of sp³-hybridized carbons (Fsp3) is 0.111. The summed E-state index contributed by atoms with van der Waals surface area (Å²) in [6.07, 6.45) is 1.33. The molecule has 0 unspecified atom stereocenters. The quantitative estimate of drug-likeness (QED) is 0.818. The Labute approximate surface area is 166 Å². The monoisotopic (exact) mass is 423 g/mol. The Kier molecular flexibility index (Phi) is 5.39. The molecule has 1 aliphatic heterocycles. The molecule has 0 fully saturated rings. The number of carbonyl (C=O) groups excluding carboxylic acids is 1. The number of nitrogens with one attached hydrogen (secondary N) is 1. The number of hydrogen-bond donors (Lipinski definition) is 1. The molecule has 0 aliphatic carbocycles. The minimum atomic E-state index is -4.13. The number of benzene rings is 2. The Morgan fingerprint density at radius 2 is 1.96 bits per heavy atom. The summed E-state index contributed by atoms with van der Waals surface area (Å²) in [7, 11) is -1.48. The zero-order chi connectivity index (χ0) is 20.5. The average Bonchev–Trinajstić information content (AvgIpc) is 2.66. The van der Waals surface area contributed by atoms with E-state index >= 15 is 0 Å². The van der Waals surface area contributed by atoms with Crippen molar-refractivity contribution in [2.24, 2.45) is 4.40 Å². The molecule has 0 saturated heterocycles. The number of likely N-dealkylation sites (N-methyl/N-ethyl adjacent to an activating group) is 1. The molecule has 1 aliphatic rings. The van der Waals surface area contributed by atoms with Crippen LogP contribution in [0.1, 0.15) is 5.56 Å². The highest BCUT2D eigenvalue weighted by molar-refractivity contribution is 7.88. The van der Waals surface area contributed by atoms with Crippen molar-refractivity contribution in [3.05, 3.63) is 70.6 Å². The van der Waals surface area contributed by atoms with Gasteiger partial charge in [-0.1, -0.05) is 23.7 Å². The Balaban J connectivity index is 2.01. The van der Waals surface area contributed by atoms with Gasteiger partial charge in [0.25, 0.3) is 5.91 Å². The highest BCUT2D eigenvalue weighted by atomic mass is 35.5. The van der Waals surface area contributed by atoms with Crippen molar-refractivity contribution < 1.29 is 22.3 Å². The number of halogens is 2. The van der Waals surface area contributed by atoms with Gasteiger partial charge in [-0.3, -0.25) is 4.79 Å². The van der Waals surface area contributed by atoms with Crippen LogP contribution >= 0.6 is 11.6 Å². The number of methoxy groups -OCH3 is 1. The molecule has 0 saturated carbocycles. The Bertz CT molecular complexity index is 1120. The highest BCUT2D eigenvalue weighted by Gasteiger charge is 2.30. The predicted octanol–water partition coefficient (Wildman–Crippen LogP) is 2.99. The first-order valence-corrected chi connectivity index (χ1v) is 9.71. The molecule has 0 spiro atoms. The van der Waals surface area contributed by atoms with Crippen LogP contribution in [0.3, 0.4) is 0 Å². The fourth-order valence-electron chi connectivity index (χ4n) is 2.52. The van der Waals surface area contributed by atoms with Gasteiger partial charge in [0.15, 0.2) is 0 Å². The lowest BCUT2D eigenvalue weighted by Gasteiger charge is -2.24. The number of nitrogens with zero attached hydrogens (tertiary/aromatic N) is 2. The number of carbonyl (C=O) groups is 1. The zero-order valence-corrected chi connectivity index (χ0v) is 16.4. The van der Waals surface area contributed by atoms with Crippen LogP contribution < -0.4 is 10.1 Å². The van der Waals surface area contributed by atoms with Crippen LogP contribution in [0.25, 0.3) is 0 Å². The van der Waals surface area contributed by atoms with Gasteiger partial charge in [0.2, 0.25) is 0 Å². The molecule has 146 valence electrons. The lowest BCUT2D eigenvalue weighted by atomic mass is 10.1. The number of ether oxygens (including phenoxy) is 1. The van der Waals surface area contributed by atoms with Crippen molar-refractivity contribution in [2.75, 3.05) is 19.5 Å². The molecule has 3 rings (SSSR count). The molecule has 0 aromatic heterocycles. The van der Waals surface area contributed by atoms with E-state index in [9.17, 15) is 17.6 Å². The van der Waals surface area contributed by atoms with Gasteiger partial charge in [0.05, 0.1) is 17.8 Å². The largest absolute Gasteiger partial charge is 0.496 e. The molecule has 28 heavy (non-hydrogen) atoms. The number of para-hydroxylation sites is 1. The van der Waals surface area contributed by atoms with E-state index in [0.29, 0.717) is 11.3 Å². The van der Waals surface area contributed by atoms with Gasteiger partial charge in [-0.2, -0.15) is 8.42 Å². The lowest BCUT2D eigenvalue weighted by molar-refractivity contribution is -0.113. The topological polar surface area (TPSA) is 88.1 Å². The van der Waals surface area contributed by atoms with Gasteiger partial charge in [0, 0.05) is 18.3 Å². The van der Waals surface area contributed by atoms with Gasteiger partial charge in [-0.15, -0.1) is 4.40 Å². The smallest absolute Gasteiger partial charge is 0.345 e. The number of amides is 1. The van der Waals surface area contributed by atoms with Crippen molar-refractivity contribution in [3.8, 4) is 5.75 Å². The second kappa shape index (κ2) is 7.61. The standard InChI is InChI=1S/C18H15ClFN3O4S/c1-23-16(18(24)21-11-7-8-14(20)13(19)9-11)10-15(22-28(23,25)26)12-5-3-4-6-17(12)27-2/h3-10H,1-2H3,(H,21,24). The first-order valence-electron chi connectivity index (χ1n) is 7.93. The molecule has 0 radical (unpaired) electrons. The molecule has 0 atom stereocenters. The van der Waals surface area contributed by atoms with Gasteiger partial charge in [-0.05, 0) is 36.4 Å². The van der Waals surface area contributed by atoms with Crippen LogP contribution in [0.4, 0.5) is 10.1 Å². The van der Waals surface area contributed by atoms with Crippen molar-refractivity contribution in [3.63, 3.8) is 0 Å². The summed E-state index contributed by atoms with van der Waals surface area (Å²) in [5.74, 6) is -0.958. The first-order chi connectivity index (χ1) is 13.2. The number of anilines is 1. The highest BCUT2D eigenvalue weighted by Crippen LogP contribution is 2.26. The molecule has 2 aromatic rings. The summed E-state index contributed by atoms with van der Waals surface area (Å²) >= 11 is 5.71. The van der Waals surface area contributed by atoms with Crippen LogP contribution in [0.15, 0.2) is 58.6 Å². The Morgan fingerprint density at radius 3 is 2.64 bits per heavy atom. The number of allylic oxidation sites excluding steroid dienone is 1. The van der Waals surface area contributed by atoms with Gasteiger partial charge < -0.3 is 10.1 Å². The van der Waals surface area contributed by atoms with Gasteiger partial charge in [0.1, 0.15) is 17.3 Å². The third kappa shape index (κ3) is 3.85. The average molecular weight is 424 g/mol. The van der Waals surface area contributed by atoms with E-state index in [1.165, 1.54) is 32.4 Å². The van der Waals surface area contributed by atoms with E-state index in [-0.39, 0.29) is 22.1 Å². The molecule has 1 N–H and O–H groups in total. The molecule has 0 bridgehead atoms. The number of hydrogen-bond acceptors (Lipinski definition) is 4. The Hall–Kier alpha value is -2.91. The van der Waals surface area contributed by atoms with Gasteiger partial charge in [-0.25, -0.2) is 8.70 Å². The number of rotatable bonds is 4. The first kappa shape index (κ1) is 19.8. The molecular formula is C18H15ClFN3O4S. The van der Waals surface area contributed by atoms with E-state index in [1.807, 2.05) is 0 Å². The SMILES string of the molecule is COc1ccccc1C1=NS(=O)(=O)N(C)C(C(=O)Nc2ccc(F)c(Cl)c2)=C1. The molecule has 2 aromatic carbocycles. The summed E-state index contributed by atoms with van der Waals surface area (Å²) in [6, 6.07) is 10.3. The normalized spacial score (nSPS) is 15.5. The van der Waals surface area contributed by atoms with E-state index in [1.54, 1.807) is 24.3 Å². The summed E-state index contributed by atoms with van der Waals surface area (Å²) in [5.41, 5.74) is 0.510. The second-order valence-corrected chi connectivity index (χ2v) is 7.77. The van der Waals surface area contributed by atoms with E-state index < -0.39 is 21.9 Å². The van der Waals surface area contributed by atoms with Crippen molar-refractivity contribution in [1.82, 2.24) is 4.31 Å².